The Hall–Kier alpha value is -2.11. The molecule has 3 aromatic carbocycles. The van der Waals surface area contributed by atoms with Crippen LogP contribution >= 0.6 is 7.92 Å². The number of hydrogen-bond donors (Lipinski definition) is 0. The molecule has 3 aromatic rings. The van der Waals surface area contributed by atoms with Crippen molar-refractivity contribution in [1.29, 1.82) is 0 Å². The quantitative estimate of drug-likeness (QED) is 0.442. The second kappa shape index (κ2) is 7.20. The summed E-state index contributed by atoms with van der Waals surface area (Å²) in [7, 11) is -0.324. The first-order valence-corrected chi connectivity index (χ1v) is 9.84. The minimum Gasteiger partial charge on any atom is -0.0663 e. The lowest BCUT2D eigenvalue weighted by atomic mass is 9.99. The van der Waals surface area contributed by atoms with E-state index < -0.39 is 0 Å². The second-order valence-corrected chi connectivity index (χ2v) is 8.19. The third kappa shape index (κ3) is 2.97. The largest absolute Gasteiger partial charge is 0.0663 e. The predicted octanol–water partition coefficient (Wildman–Crippen LogP) is 5.32. The predicted molar refractivity (Wildman–Crippen MR) is 108 cm³/mol. The summed E-state index contributed by atoms with van der Waals surface area (Å²) >= 11 is 0. The molecule has 0 aliphatic heterocycles. The van der Waals surface area contributed by atoms with Gasteiger partial charge in [-0.15, -0.1) is 0 Å². The van der Waals surface area contributed by atoms with Crippen LogP contribution in [0.3, 0.4) is 0 Å². The molecular weight excluding hydrogens is 306 g/mol. The molecule has 1 atom stereocenters. The van der Waals surface area contributed by atoms with E-state index >= 15 is 0 Å². The minimum absolute atomic E-state index is 0. The highest BCUT2D eigenvalue weighted by Gasteiger charge is 2.26. The zero-order chi connectivity index (χ0) is 15.6. The van der Waals surface area contributed by atoms with Gasteiger partial charge in [-0.25, -0.2) is 0 Å². The lowest BCUT2D eigenvalue weighted by molar-refractivity contribution is 1.13. The minimum atomic E-state index is -0.324. The molecule has 0 N–H and O–H groups in total. The van der Waals surface area contributed by atoms with Gasteiger partial charge in [-0.05, 0) is 34.2 Å². The van der Waals surface area contributed by atoms with Gasteiger partial charge in [0.1, 0.15) is 0 Å². The first-order valence-electron chi connectivity index (χ1n) is 7.98. The summed E-state index contributed by atoms with van der Waals surface area (Å²) in [5.41, 5.74) is 6.03. The van der Waals surface area contributed by atoms with Crippen molar-refractivity contribution in [3.63, 3.8) is 0 Å². The fourth-order valence-electron chi connectivity index (χ4n) is 3.40. The number of rotatable bonds is 2. The van der Waals surface area contributed by atoms with Gasteiger partial charge in [0.15, 0.2) is 0 Å². The van der Waals surface area contributed by atoms with Crippen LogP contribution in [-0.2, 0) is 0 Å². The average Bonchev–Trinajstić information content (AvgIpc) is 2.79. The van der Waals surface area contributed by atoms with E-state index in [0.717, 1.165) is 0 Å². The Kier molecular flexibility index (Phi) is 5.02. The monoisotopic (exact) mass is 325 g/mol. The van der Waals surface area contributed by atoms with Gasteiger partial charge >= 0.3 is 0 Å². The van der Waals surface area contributed by atoms with Crippen LogP contribution in [0.25, 0.3) is 12.2 Å². The molecule has 0 aromatic heterocycles. The standard InChI is InChI=1S/C22H19P.B/c1-23(19-11-3-2-4-12-19)22-20-13-7-5-9-17(20)15-16-18-10-6-8-14-21(18)22;/h2-16,22H,1H3;. The van der Waals surface area contributed by atoms with Gasteiger partial charge in [0.25, 0.3) is 0 Å². The molecular formula is C22H19BP. The highest BCUT2D eigenvalue weighted by molar-refractivity contribution is 7.65. The summed E-state index contributed by atoms with van der Waals surface area (Å²) in [4.78, 5) is 0. The number of benzene rings is 3. The summed E-state index contributed by atoms with van der Waals surface area (Å²) in [6.07, 6.45) is 4.53. The summed E-state index contributed by atoms with van der Waals surface area (Å²) in [6.45, 7) is 2.41. The molecule has 0 fully saturated rings. The Morgan fingerprint density at radius 3 is 1.62 bits per heavy atom. The van der Waals surface area contributed by atoms with Crippen molar-refractivity contribution in [2.45, 2.75) is 5.66 Å². The third-order valence-corrected chi connectivity index (χ3v) is 7.02. The smallest absolute Gasteiger partial charge is 0.0341 e. The fourth-order valence-corrected chi connectivity index (χ4v) is 5.65. The fraction of sp³-hybridized carbons (Fsp3) is 0.0909. The lowest BCUT2D eigenvalue weighted by Gasteiger charge is -2.27. The Bertz CT molecular complexity index is 805. The molecule has 0 heterocycles. The molecule has 4 rings (SSSR count). The molecule has 1 aliphatic rings. The van der Waals surface area contributed by atoms with Crippen LogP contribution in [0.5, 0.6) is 0 Å². The first-order chi connectivity index (χ1) is 11.3. The maximum atomic E-state index is 2.41. The van der Waals surface area contributed by atoms with Crippen LogP contribution < -0.4 is 5.30 Å². The van der Waals surface area contributed by atoms with Crippen LogP contribution in [0.15, 0.2) is 78.9 Å². The van der Waals surface area contributed by atoms with Crippen LogP contribution in [0.4, 0.5) is 0 Å². The summed E-state index contributed by atoms with van der Waals surface area (Å²) in [5, 5.41) is 1.46. The molecule has 0 bridgehead atoms. The van der Waals surface area contributed by atoms with Crippen molar-refractivity contribution >= 4 is 33.8 Å². The molecule has 2 heteroatoms. The van der Waals surface area contributed by atoms with Crippen molar-refractivity contribution in [1.82, 2.24) is 0 Å². The van der Waals surface area contributed by atoms with Gasteiger partial charge < -0.3 is 0 Å². The molecule has 115 valence electrons. The molecule has 24 heavy (non-hydrogen) atoms. The topological polar surface area (TPSA) is 0 Å². The van der Waals surface area contributed by atoms with Gasteiger partial charge in [-0.2, -0.15) is 0 Å². The molecule has 1 aliphatic carbocycles. The van der Waals surface area contributed by atoms with E-state index in [1.165, 1.54) is 27.6 Å². The van der Waals surface area contributed by atoms with Crippen LogP contribution in [0.2, 0.25) is 0 Å². The van der Waals surface area contributed by atoms with Crippen LogP contribution in [-0.4, -0.2) is 15.1 Å². The van der Waals surface area contributed by atoms with E-state index in [1.54, 1.807) is 0 Å². The Labute approximate surface area is 147 Å². The molecule has 1 unspecified atom stereocenters. The maximum Gasteiger partial charge on any atom is 0.0341 e. The highest BCUT2D eigenvalue weighted by atomic mass is 31.1. The lowest BCUT2D eigenvalue weighted by Crippen LogP contribution is -2.09. The molecule has 0 saturated carbocycles. The van der Waals surface area contributed by atoms with Crippen LogP contribution in [0.1, 0.15) is 27.9 Å². The zero-order valence-electron chi connectivity index (χ0n) is 13.8. The SMILES string of the molecule is CP(c1ccccc1)C1c2ccccc2C=Cc2ccccc21.[B]. The average molecular weight is 325 g/mol. The van der Waals surface area contributed by atoms with Crippen LogP contribution in [0, 0.1) is 0 Å². The van der Waals surface area contributed by atoms with Gasteiger partial charge in [0.2, 0.25) is 0 Å². The van der Waals surface area contributed by atoms with Crippen molar-refractivity contribution in [2.75, 3.05) is 6.66 Å². The Morgan fingerprint density at radius 1 is 0.625 bits per heavy atom. The Morgan fingerprint density at radius 2 is 1.08 bits per heavy atom. The van der Waals surface area contributed by atoms with Crippen molar-refractivity contribution in [3.8, 4) is 0 Å². The summed E-state index contributed by atoms with van der Waals surface area (Å²) in [6, 6.07) is 28.6. The maximum absolute atomic E-state index is 2.41. The van der Waals surface area contributed by atoms with Gasteiger partial charge in [0, 0.05) is 14.1 Å². The third-order valence-electron chi connectivity index (χ3n) is 4.57. The molecule has 0 spiro atoms. The zero-order valence-corrected chi connectivity index (χ0v) is 14.7. The van der Waals surface area contributed by atoms with Crippen molar-refractivity contribution < 1.29 is 0 Å². The number of fused-ring (bicyclic) bond motifs is 2. The van der Waals surface area contributed by atoms with E-state index in [0.29, 0.717) is 5.66 Å². The summed E-state index contributed by atoms with van der Waals surface area (Å²) in [5.74, 6) is 0. The van der Waals surface area contributed by atoms with Gasteiger partial charge in [0.05, 0.1) is 0 Å². The molecule has 3 radical (unpaired) electrons. The molecule has 0 saturated heterocycles. The van der Waals surface area contributed by atoms with Crippen molar-refractivity contribution in [3.05, 3.63) is 101 Å². The van der Waals surface area contributed by atoms with E-state index in [4.69, 9.17) is 0 Å². The Balaban J connectivity index is 0.00000169. The van der Waals surface area contributed by atoms with E-state index in [1.807, 2.05) is 0 Å². The van der Waals surface area contributed by atoms with E-state index in [9.17, 15) is 0 Å². The van der Waals surface area contributed by atoms with Gasteiger partial charge in [-0.1, -0.05) is 98.9 Å². The second-order valence-electron chi connectivity index (χ2n) is 5.94. The van der Waals surface area contributed by atoms with Gasteiger partial charge in [-0.3, -0.25) is 0 Å². The normalized spacial score (nSPS) is 14.0. The van der Waals surface area contributed by atoms with E-state index in [-0.39, 0.29) is 16.3 Å². The summed E-state index contributed by atoms with van der Waals surface area (Å²) < 4.78 is 0. The highest BCUT2D eigenvalue weighted by Crippen LogP contribution is 2.54. The molecule has 0 nitrogen and oxygen atoms in total. The first kappa shape index (κ1) is 16.7. The number of hydrogen-bond acceptors (Lipinski definition) is 0. The molecule has 0 amide bonds. The van der Waals surface area contributed by atoms with Crippen molar-refractivity contribution in [2.24, 2.45) is 0 Å². The van der Waals surface area contributed by atoms with E-state index in [2.05, 4.69) is 97.7 Å².